The summed E-state index contributed by atoms with van der Waals surface area (Å²) < 4.78 is 5.71. The van der Waals surface area contributed by atoms with Gasteiger partial charge in [-0.2, -0.15) is 0 Å². The minimum atomic E-state index is -1.08. The first-order valence-electron chi connectivity index (χ1n) is 12.2. The van der Waals surface area contributed by atoms with Crippen LogP contribution in [0.25, 0.3) is 11.0 Å². The normalized spacial score (nSPS) is 19.8. The number of nitrogens with one attached hydrogen (secondary N) is 2. The smallest absolute Gasteiger partial charge is 0.287 e. The number of rotatable bonds is 5. The predicted molar refractivity (Wildman–Crippen MR) is 140 cm³/mol. The van der Waals surface area contributed by atoms with Gasteiger partial charge in [-0.05, 0) is 49.6 Å². The zero-order chi connectivity index (χ0) is 25.3. The first kappa shape index (κ1) is 24.7. The van der Waals surface area contributed by atoms with E-state index in [1.54, 1.807) is 30.3 Å². The number of halogens is 2. The maximum absolute atomic E-state index is 13.6. The predicted octanol–water partition coefficient (Wildman–Crippen LogP) is 5.14. The van der Waals surface area contributed by atoms with Crippen molar-refractivity contribution in [2.24, 2.45) is 0 Å². The Morgan fingerprint density at radius 2 is 1.81 bits per heavy atom. The zero-order valence-corrected chi connectivity index (χ0v) is 21.2. The van der Waals surface area contributed by atoms with Crippen molar-refractivity contribution in [3.05, 3.63) is 64.3 Å². The molecule has 2 aliphatic rings. The highest BCUT2D eigenvalue weighted by molar-refractivity contribution is 6.36. The average Bonchev–Trinajstić information content (AvgIpc) is 3.31. The molecule has 2 N–H and O–H groups in total. The van der Waals surface area contributed by atoms with Gasteiger partial charge < -0.3 is 20.0 Å². The monoisotopic (exact) mass is 527 g/mol. The Hall–Kier alpha value is -3.03. The number of para-hydroxylation sites is 1. The van der Waals surface area contributed by atoms with Gasteiger partial charge in [-0.3, -0.25) is 14.4 Å². The molecule has 3 aromatic rings. The summed E-state index contributed by atoms with van der Waals surface area (Å²) in [5.74, 6) is -0.682. The van der Waals surface area contributed by atoms with E-state index in [-0.39, 0.29) is 24.0 Å². The molecular formula is C27H27Cl2N3O4. The average molecular weight is 528 g/mol. The van der Waals surface area contributed by atoms with Crippen LogP contribution in [0.4, 0.5) is 5.69 Å². The van der Waals surface area contributed by atoms with Crippen LogP contribution < -0.4 is 15.5 Å². The summed E-state index contributed by atoms with van der Waals surface area (Å²) in [6.07, 6.45) is 4.09. The van der Waals surface area contributed by atoms with Crippen molar-refractivity contribution in [1.29, 1.82) is 0 Å². The van der Waals surface area contributed by atoms with E-state index in [9.17, 15) is 14.4 Å². The molecule has 0 radical (unpaired) electrons. The van der Waals surface area contributed by atoms with E-state index >= 15 is 0 Å². The second-order valence-corrected chi connectivity index (χ2v) is 10.4. The van der Waals surface area contributed by atoms with Crippen LogP contribution in [0.15, 0.2) is 52.9 Å². The van der Waals surface area contributed by atoms with Crippen LogP contribution in [-0.2, 0) is 9.59 Å². The number of nitrogens with zero attached hydrogens (tertiary/aromatic N) is 1. The van der Waals surface area contributed by atoms with Crippen molar-refractivity contribution in [2.75, 3.05) is 18.0 Å². The Balaban J connectivity index is 1.28. The van der Waals surface area contributed by atoms with Gasteiger partial charge in [0.25, 0.3) is 5.91 Å². The molecule has 9 heteroatoms. The molecule has 0 spiro atoms. The van der Waals surface area contributed by atoms with Gasteiger partial charge in [0.2, 0.25) is 5.91 Å². The molecule has 7 nitrogen and oxygen atoms in total. The molecule has 188 valence electrons. The fourth-order valence-electron chi connectivity index (χ4n) is 5.15. The molecule has 1 aromatic heterocycles. The molecule has 0 bridgehead atoms. The fraction of sp³-hybridized carbons (Fsp3) is 0.370. The van der Waals surface area contributed by atoms with Gasteiger partial charge in [0, 0.05) is 17.0 Å². The second kappa shape index (κ2) is 10.1. The fourth-order valence-corrected chi connectivity index (χ4v) is 5.68. The molecule has 2 fully saturated rings. The number of amides is 2. The number of Topliss-reactive ketones (excluding diaryl/α,β-unsaturated/α-hetero) is 1. The van der Waals surface area contributed by atoms with Crippen LogP contribution in [0.3, 0.4) is 0 Å². The number of ketones is 1. The molecule has 1 aliphatic carbocycles. The van der Waals surface area contributed by atoms with Gasteiger partial charge in [0.05, 0.1) is 23.3 Å². The van der Waals surface area contributed by atoms with Crippen LogP contribution in [0.2, 0.25) is 10.0 Å². The molecule has 1 saturated carbocycles. The molecule has 2 aromatic carbocycles. The molecular weight excluding hydrogens is 501 g/mol. The zero-order valence-electron chi connectivity index (χ0n) is 19.7. The number of benzene rings is 2. The number of anilines is 1. The molecule has 1 atom stereocenters. The minimum absolute atomic E-state index is 0.102. The molecule has 5 rings (SSSR count). The second-order valence-electron chi connectivity index (χ2n) is 9.54. The van der Waals surface area contributed by atoms with Crippen LogP contribution in [0, 0.1) is 0 Å². The van der Waals surface area contributed by atoms with Gasteiger partial charge >= 0.3 is 0 Å². The summed E-state index contributed by atoms with van der Waals surface area (Å²) in [4.78, 5) is 41.6. The summed E-state index contributed by atoms with van der Waals surface area (Å²) >= 11 is 12.3. The van der Waals surface area contributed by atoms with E-state index in [2.05, 4.69) is 10.6 Å². The molecule has 1 aliphatic heterocycles. The Morgan fingerprint density at radius 3 is 2.53 bits per heavy atom. The number of furan rings is 1. The SMILES string of the molecule is O=C(NC1(C(=O)NC2CCN(c3ccc(Cl)cc3Cl)CC2=O)CCCCC1)c1cc2ccccc2o1. The van der Waals surface area contributed by atoms with E-state index in [4.69, 9.17) is 27.6 Å². The van der Waals surface area contributed by atoms with Crippen molar-refractivity contribution in [3.63, 3.8) is 0 Å². The largest absolute Gasteiger partial charge is 0.451 e. The Morgan fingerprint density at radius 1 is 1.03 bits per heavy atom. The minimum Gasteiger partial charge on any atom is -0.451 e. The summed E-state index contributed by atoms with van der Waals surface area (Å²) in [7, 11) is 0. The van der Waals surface area contributed by atoms with Crippen LogP contribution in [-0.4, -0.2) is 42.3 Å². The van der Waals surface area contributed by atoms with E-state index < -0.39 is 17.5 Å². The van der Waals surface area contributed by atoms with Gasteiger partial charge in [0.1, 0.15) is 11.1 Å². The number of carbonyl (C=O) groups is 3. The topological polar surface area (TPSA) is 91.7 Å². The third-order valence-electron chi connectivity index (χ3n) is 7.12. The lowest BCUT2D eigenvalue weighted by Crippen LogP contribution is -2.63. The molecule has 36 heavy (non-hydrogen) atoms. The summed E-state index contributed by atoms with van der Waals surface area (Å²) in [5.41, 5.74) is 0.273. The highest BCUT2D eigenvalue weighted by Gasteiger charge is 2.43. The Kier molecular flexibility index (Phi) is 6.95. The maximum Gasteiger partial charge on any atom is 0.287 e. The van der Waals surface area contributed by atoms with E-state index in [0.717, 1.165) is 30.3 Å². The lowest BCUT2D eigenvalue weighted by atomic mass is 9.80. The van der Waals surface area contributed by atoms with Gasteiger partial charge in [-0.15, -0.1) is 0 Å². The lowest BCUT2D eigenvalue weighted by Gasteiger charge is -2.39. The van der Waals surface area contributed by atoms with E-state index in [0.29, 0.717) is 41.4 Å². The van der Waals surface area contributed by atoms with Gasteiger partial charge in [-0.25, -0.2) is 0 Å². The van der Waals surface area contributed by atoms with E-state index in [1.807, 2.05) is 23.1 Å². The first-order chi connectivity index (χ1) is 17.3. The molecule has 1 saturated heterocycles. The molecule has 2 heterocycles. The number of hydrogen-bond donors (Lipinski definition) is 2. The third-order valence-corrected chi connectivity index (χ3v) is 7.66. The highest BCUT2D eigenvalue weighted by atomic mass is 35.5. The number of hydrogen-bond acceptors (Lipinski definition) is 5. The molecule has 1 unspecified atom stereocenters. The van der Waals surface area contributed by atoms with Gasteiger partial charge in [-0.1, -0.05) is 60.7 Å². The Labute approximate surface area is 219 Å². The summed E-state index contributed by atoms with van der Waals surface area (Å²) in [6, 6.07) is 13.6. The highest BCUT2D eigenvalue weighted by Crippen LogP contribution is 2.32. The number of carbonyl (C=O) groups excluding carboxylic acids is 3. The van der Waals surface area contributed by atoms with E-state index in [1.165, 1.54) is 0 Å². The maximum atomic E-state index is 13.6. The molecule has 2 amide bonds. The van der Waals surface area contributed by atoms with Crippen molar-refractivity contribution in [3.8, 4) is 0 Å². The van der Waals surface area contributed by atoms with Crippen LogP contribution in [0.5, 0.6) is 0 Å². The number of fused-ring (bicyclic) bond motifs is 1. The van der Waals surface area contributed by atoms with Crippen LogP contribution >= 0.6 is 23.2 Å². The Bertz CT molecular complexity index is 1280. The van der Waals surface area contributed by atoms with Gasteiger partial charge in [0.15, 0.2) is 11.5 Å². The van der Waals surface area contributed by atoms with Crippen molar-refractivity contribution in [2.45, 2.75) is 50.1 Å². The van der Waals surface area contributed by atoms with Crippen molar-refractivity contribution in [1.82, 2.24) is 10.6 Å². The number of piperidine rings is 1. The quantitative estimate of drug-likeness (QED) is 0.479. The third kappa shape index (κ3) is 4.95. The summed E-state index contributed by atoms with van der Waals surface area (Å²) in [5, 5.41) is 7.74. The van der Waals surface area contributed by atoms with Crippen LogP contribution in [0.1, 0.15) is 49.1 Å². The van der Waals surface area contributed by atoms with Crippen molar-refractivity contribution < 1.29 is 18.8 Å². The lowest BCUT2D eigenvalue weighted by molar-refractivity contribution is -0.133. The standard InChI is InChI=1S/C27H27Cl2N3O4/c28-18-8-9-21(19(29)15-18)32-13-10-20(22(33)16-32)30-26(35)27(11-4-1-5-12-27)31-25(34)24-14-17-6-2-3-7-23(17)36-24/h2-3,6-9,14-15,20H,1,4-5,10-13,16H2,(H,30,35)(H,31,34). The van der Waals surface area contributed by atoms with Crippen molar-refractivity contribution >= 4 is 57.5 Å². The summed E-state index contributed by atoms with van der Waals surface area (Å²) in [6.45, 7) is 0.682. The first-order valence-corrected chi connectivity index (χ1v) is 12.9.